The maximum Gasteiger partial charge on any atom is 0.329 e. The zero-order valence-corrected chi connectivity index (χ0v) is 20.4. The van der Waals surface area contributed by atoms with Crippen molar-refractivity contribution in [2.75, 3.05) is 17.2 Å². The van der Waals surface area contributed by atoms with E-state index in [9.17, 15) is 14.4 Å². The zero-order valence-electron chi connectivity index (χ0n) is 18.9. The molecule has 8 nitrogen and oxygen atoms in total. The van der Waals surface area contributed by atoms with Crippen LogP contribution in [0.25, 0.3) is 0 Å². The van der Waals surface area contributed by atoms with Gasteiger partial charge in [0.1, 0.15) is 5.75 Å². The summed E-state index contributed by atoms with van der Waals surface area (Å²) in [5.41, 5.74) is 5.46. The molecule has 3 N–H and O–H groups in total. The Morgan fingerprint density at radius 3 is 2.31 bits per heavy atom. The van der Waals surface area contributed by atoms with Crippen LogP contribution in [0, 0.1) is 13.8 Å². The van der Waals surface area contributed by atoms with Crippen molar-refractivity contribution in [1.82, 2.24) is 5.43 Å². The van der Waals surface area contributed by atoms with Gasteiger partial charge in [0, 0.05) is 11.3 Å². The molecule has 3 amide bonds. The Bertz CT molecular complexity index is 1270. The SMILES string of the molecule is Cc1cccc(C)c1NC(=O)COc1ccccc1/C=N\NC(=O)C(=O)Nc1cccc(Cl)c1Cl. The number of benzene rings is 3. The average molecular weight is 513 g/mol. The molecule has 180 valence electrons. The minimum absolute atomic E-state index is 0.117. The van der Waals surface area contributed by atoms with Gasteiger partial charge in [-0.25, -0.2) is 5.43 Å². The van der Waals surface area contributed by atoms with Crippen LogP contribution in [0.15, 0.2) is 65.8 Å². The molecule has 0 aliphatic heterocycles. The number of ether oxygens (including phenoxy) is 1. The number of para-hydroxylation sites is 2. The minimum atomic E-state index is -1.01. The summed E-state index contributed by atoms with van der Waals surface area (Å²) in [5, 5.41) is 9.36. The molecule has 0 heterocycles. The Morgan fingerprint density at radius 1 is 0.886 bits per heavy atom. The van der Waals surface area contributed by atoms with E-state index in [2.05, 4.69) is 21.2 Å². The smallest absolute Gasteiger partial charge is 0.329 e. The molecule has 0 aliphatic carbocycles. The predicted octanol–water partition coefficient (Wildman–Crippen LogP) is 4.72. The van der Waals surface area contributed by atoms with Crippen LogP contribution in [-0.2, 0) is 14.4 Å². The quantitative estimate of drug-likeness (QED) is 0.241. The van der Waals surface area contributed by atoms with Crippen LogP contribution >= 0.6 is 23.2 Å². The second-order valence-electron chi connectivity index (χ2n) is 7.40. The maximum atomic E-state index is 12.4. The highest BCUT2D eigenvalue weighted by Gasteiger charge is 2.15. The number of hydrogen-bond acceptors (Lipinski definition) is 5. The van der Waals surface area contributed by atoms with Gasteiger partial charge in [0.05, 0.1) is 21.9 Å². The summed E-state index contributed by atoms with van der Waals surface area (Å²) in [7, 11) is 0. The number of carbonyl (C=O) groups excluding carboxylic acids is 3. The highest BCUT2D eigenvalue weighted by Crippen LogP contribution is 2.29. The molecule has 10 heteroatoms. The zero-order chi connectivity index (χ0) is 25.4. The second-order valence-corrected chi connectivity index (χ2v) is 8.18. The first-order valence-corrected chi connectivity index (χ1v) is 11.2. The molecule has 0 atom stereocenters. The first kappa shape index (κ1) is 25.7. The lowest BCUT2D eigenvalue weighted by Gasteiger charge is -2.13. The lowest BCUT2D eigenvalue weighted by molar-refractivity contribution is -0.136. The average Bonchev–Trinajstić information content (AvgIpc) is 2.83. The summed E-state index contributed by atoms with van der Waals surface area (Å²) in [5.74, 6) is -1.93. The van der Waals surface area contributed by atoms with Gasteiger partial charge < -0.3 is 15.4 Å². The molecule has 0 saturated heterocycles. The number of rotatable bonds is 7. The summed E-state index contributed by atoms with van der Waals surface area (Å²) >= 11 is 11.9. The number of halogens is 2. The van der Waals surface area contributed by atoms with Crippen molar-refractivity contribution in [1.29, 1.82) is 0 Å². The van der Waals surface area contributed by atoms with Gasteiger partial charge in [0.25, 0.3) is 5.91 Å². The Kier molecular flexibility index (Phi) is 8.83. The fourth-order valence-electron chi connectivity index (χ4n) is 3.04. The van der Waals surface area contributed by atoms with Gasteiger partial charge in [-0.1, -0.05) is 59.6 Å². The molecule has 0 spiro atoms. The third-order valence-electron chi connectivity index (χ3n) is 4.80. The fraction of sp³-hybridized carbons (Fsp3) is 0.120. The molecule has 3 aromatic rings. The largest absolute Gasteiger partial charge is 0.483 e. The van der Waals surface area contributed by atoms with Crippen molar-refractivity contribution in [2.45, 2.75) is 13.8 Å². The van der Waals surface area contributed by atoms with Crippen LogP contribution < -0.4 is 20.8 Å². The van der Waals surface area contributed by atoms with E-state index in [1.165, 1.54) is 12.3 Å². The molecule has 0 unspecified atom stereocenters. The van der Waals surface area contributed by atoms with Crippen molar-refractivity contribution < 1.29 is 19.1 Å². The predicted molar refractivity (Wildman–Crippen MR) is 137 cm³/mol. The van der Waals surface area contributed by atoms with Crippen LogP contribution in [0.1, 0.15) is 16.7 Å². The van der Waals surface area contributed by atoms with Crippen molar-refractivity contribution in [2.24, 2.45) is 5.10 Å². The first-order valence-electron chi connectivity index (χ1n) is 10.4. The molecule has 3 rings (SSSR count). The molecule has 0 aliphatic rings. The maximum absolute atomic E-state index is 12.4. The minimum Gasteiger partial charge on any atom is -0.483 e. The number of anilines is 2. The van der Waals surface area contributed by atoms with E-state index in [1.807, 2.05) is 32.0 Å². The van der Waals surface area contributed by atoms with E-state index < -0.39 is 11.8 Å². The van der Waals surface area contributed by atoms with Crippen LogP contribution in [-0.4, -0.2) is 30.5 Å². The molecule has 3 aromatic carbocycles. The molecule has 0 aromatic heterocycles. The van der Waals surface area contributed by atoms with Gasteiger partial charge in [0.2, 0.25) is 0 Å². The first-order chi connectivity index (χ1) is 16.8. The molecular formula is C25H22Cl2N4O4. The molecule has 0 radical (unpaired) electrons. The van der Waals surface area contributed by atoms with Crippen LogP contribution in [0.2, 0.25) is 10.0 Å². The van der Waals surface area contributed by atoms with Gasteiger partial charge in [-0.05, 0) is 49.2 Å². The standard InChI is InChI=1S/C25H22Cl2N4O4/c1-15-7-5-8-16(2)23(15)30-21(32)14-35-20-12-4-3-9-17(20)13-28-31-25(34)24(33)29-19-11-6-10-18(26)22(19)27/h3-13H,14H2,1-2H3,(H,29,33)(H,30,32)(H,31,34)/b28-13-. The van der Waals surface area contributed by atoms with E-state index >= 15 is 0 Å². The Balaban J connectivity index is 1.57. The highest BCUT2D eigenvalue weighted by molar-refractivity contribution is 6.45. The lowest BCUT2D eigenvalue weighted by Crippen LogP contribution is -2.32. The third kappa shape index (κ3) is 7.05. The summed E-state index contributed by atoms with van der Waals surface area (Å²) < 4.78 is 5.64. The number of nitrogens with zero attached hydrogens (tertiary/aromatic N) is 1. The Labute approximate surface area is 212 Å². The molecule has 0 saturated carbocycles. The van der Waals surface area contributed by atoms with Gasteiger partial charge in [0.15, 0.2) is 6.61 Å². The number of amides is 3. The summed E-state index contributed by atoms with van der Waals surface area (Å²) in [4.78, 5) is 36.5. The van der Waals surface area contributed by atoms with Crippen molar-refractivity contribution in [3.8, 4) is 5.75 Å². The Morgan fingerprint density at radius 2 is 1.57 bits per heavy atom. The van der Waals surface area contributed by atoms with Crippen LogP contribution in [0.3, 0.4) is 0 Å². The summed E-state index contributed by atoms with van der Waals surface area (Å²) in [6.07, 6.45) is 1.30. The molecule has 0 bridgehead atoms. The fourth-order valence-corrected chi connectivity index (χ4v) is 3.39. The number of carbonyl (C=O) groups is 3. The number of aryl methyl sites for hydroxylation is 2. The van der Waals surface area contributed by atoms with Gasteiger partial charge >= 0.3 is 11.8 Å². The monoisotopic (exact) mass is 512 g/mol. The highest BCUT2D eigenvalue weighted by atomic mass is 35.5. The van der Waals surface area contributed by atoms with E-state index in [0.717, 1.165) is 16.8 Å². The van der Waals surface area contributed by atoms with Crippen LogP contribution in [0.5, 0.6) is 5.75 Å². The summed E-state index contributed by atoms with van der Waals surface area (Å²) in [6, 6.07) is 17.2. The lowest BCUT2D eigenvalue weighted by atomic mass is 10.1. The summed E-state index contributed by atoms with van der Waals surface area (Å²) in [6.45, 7) is 3.59. The Hall–Kier alpha value is -3.88. The van der Waals surface area contributed by atoms with Crippen molar-refractivity contribution in [3.05, 3.63) is 87.4 Å². The van der Waals surface area contributed by atoms with E-state index in [0.29, 0.717) is 11.3 Å². The number of hydrazone groups is 1. The molecule has 0 fully saturated rings. The third-order valence-corrected chi connectivity index (χ3v) is 5.62. The van der Waals surface area contributed by atoms with Crippen molar-refractivity contribution >= 4 is 58.5 Å². The van der Waals surface area contributed by atoms with Gasteiger partial charge in [-0.2, -0.15) is 5.10 Å². The normalized spacial score (nSPS) is 10.6. The number of nitrogens with one attached hydrogen (secondary N) is 3. The van der Waals surface area contributed by atoms with Gasteiger partial charge in [-0.15, -0.1) is 0 Å². The second kappa shape index (κ2) is 12.0. The van der Waals surface area contributed by atoms with E-state index in [1.54, 1.807) is 36.4 Å². The van der Waals surface area contributed by atoms with Gasteiger partial charge in [-0.3, -0.25) is 14.4 Å². The van der Waals surface area contributed by atoms with Crippen molar-refractivity contribution in [3.63, 3.8) is 0 Å². The van der Waals surface area contributed by atoms with Crippen LogP contribution in [0.4, 0.5) is 11.4 Å². The van der Waals surface area contributed by atoms with E-state index in [-0.39, 0.29) is 28.2 Å². The molecular weight excluding hydrogens is 491 g/mol. The topological polar surface area (TPSA) is 109 Å². The number of hydrogen-bond donors (Lipinski definition) is 3. The van der Waals surface area contributed by atoms with E-state index in [4.69, 9.17) is 27.9 Å². The molecule has 35 heavy (non-hydrogen) atoms.